The van der Waals surface area contributed by atoms with E-state index in [0.717, 1.165) is 51.5 Å². The number of nitrogens with zero attached hydrogens (tertiary/aromatic N) is 2. The summed E-state index contributed by atoms with van der Waals surface area (Å²) in [6, 6.07) is 37.4. The van der Waals surface area contributed by atoms with Crippen LogP contribution in [-0.4, -0.2) is 159 Å². The molecule has 28 heteroatoms. The van der Waals surface area contributed by atoms with Crippen molar-refractivity contribution in [2.24, 2.45) is 17.8 Å². The van der Waals surface area contributed by atoms with E-state index in [1.165, 1.54) is 0 Å². The highest BCUT2D eigenvalue weighted by Crippen LogP contribution is 2.48. The minimum absolute atomic E-state index is 0.0443. The van der Waals surface area contributed by atoms with E-state index in [0.29, 0.717) is 67.0 Å². The first-order chi connectivity index (χ1) is 54.6. The van der Waals surface area contributed by atoms with E-state index in [1.807, 2.05) is 36.4 Å². The highest BCUT2D eigenvalue weighted by molar-refractivity contribution is 7.86. The van der Waals surface area contributed by atoms with Gasteiger partial charge in [-0.3, -0.25) is 47.5 Å². The monoisotopic (exact) mass is 1620 g/mol. The van der Waals surface area contributed by atoms with Gasteiger partial charge in [-0.05, 0) is 161 Å². The molecule has 26 nitrogen and oxygen atoms in total. The number of ether oxygens (including phenoxy) is 1. The Bertz CT molecular complexity index is 4740. The number of anilines is 1. The topological polar surface area (TPSA) is 412 Å². The van der Waals surface area contributed by atoms with Gasteiger partial charge in [0.25, 0.3) is 20.2 Å². The smallest absolute Gasteiger partial charge is 0.326 e. The number of allylic oxidation sites excluding steroid dienone is 7. The molecule has 616 valence electrons. The molecule has 0 unspecified atom stereocenters. The fourth-order valence-electron chi connectivity index (χ4n) is 15.1. The number of unbranched alkanes of at least 4 members (excludes halogenated alkanes) is 3. The molecule has 5 aromatic carbocycles. The van der Waals surface area contributed by atoms with Crippen LogP contribution in [0.3, 0.4) is 0 Å². The van der Waals surface area contributed by atoms with Crippen molar-refractivity contribution < 1.29 is 104 Å². The summed E-state index contributed by atoms with van der Waals surface area (Å²) in [7, 11) is -8.33. The lowest BCUT2D eigenvalue weighted by atomic mass is 9.81. The van der Waals surface area contributed by atoms with Crippen LogP contribution in [0, 0.1) is 17.8 Å². The van der Waals surface area contributed by atoms with Crippen LogP contribution < -0.4 is 25.6 Å². The average molecular weight is 1620 g/mol. The first kappa shape index (κ1) is 90.0. The van der Waals surface area contributed by atoms with Crippen molar-refractivity contribution >= 4 is 96.3 Å². The van der Waals surface area contributed by atoms with Crippen LogP contribution >= 0.6 is 0 Å². The van der Waals surface area contributed by atoms with Gasteiger partial charge in [0.2, 0.25) is 11.6 Å². The average Bonchev–Trinajstić information content (AvgIpc) is 1.60. The maximum atomic E-state index is 14.8. The Hall–Kier alpha value is -10.6. The lowest BCUT2D eigenvalue weighted by Gasteiger charge is -2.27. The lowest BCUT2D eigenvalue weighted by molar-refractivity contribution is -0.438. The van der Waals surface area contributed by atoms with Crippen molar-refractivity contribution in [1.82, 2.24) is 16.0 Å². The normalized spacial score (nSPS) is 16.5. The van der Waals surface area contributed by atoms with Gasteiger partial charge in [0, 0.05) is 111 Å². The molecule has 9 N–H and O–H groups in total. The molecule has 0 radical (unpaired) electrons. The number of carboxylic acids is 4. The Morgan fingerprint density at radius 1 is 0.530 bits per heavy atom. The number of hydrogen-bond acceptors (Lipinski definition) is 16. The number of carbonyl (C=O) groups is 10. The molecule has 0 aromatic heterocycles. The van der Waals surface area contributed by atoms with Crippen molar-refractivity contribution in [3.63, 3.8) is 0 Å². The number of urea groups is 1. The summed E-state index contributed by atoms with van der Waals surface area (Å²) < 4.78 is 75.4. The second kappa shape index (κ2) is 42.2. The number of nitrogens with one attached hydrogen (secondary N) is 3. The number of carbonyl (C=O) groups excluding carboxylic acids is 6. The third-order valence-electron chi connectivity index (χ3n) is 21.3. The zero-order chi connectivity index (χ0) is 83.6. The highest BCUT2D eigenvalue weighted by Gasteiger charge is 2.45. The molecule has 0 fully saturated rings. The van der Waals surface area contributed by atoms with Gasteiger partial charge in [-0.2, -0.15) is 21.4 Å². The third kappa shape index (κ3) is 27.6. The fourth-order valence-corrected chi connectivity index (χ4v) is 16.2. The maximum absolute atomic E-state index is 14.8. The van der Waals surface area contributed by atoms with Crippen LogP contribution in [0.1, 0.15) is 178 Å². The van der Waals surface area contributed by atoms with Crippen LogP contribution in [0.15, 0.2) is 180 Å². The molecule has 5 aromatic rings. The number of Topliss-reactive ketones (excluding diaryl/α,β-unsaturated/α-hetero) is 4. The van der Waals surface area contributed by atoms with Gasteiger partial charge in [-0.1, -0.05) is 129 Å². The predicted octanol–water partition coefficient (Wildman–Crippen LogP) is 12.4. The minimum Gasteiger partial charge on any atom is -0.481 e. The molecule has 2 heterocycles. The number of amides is 3. The number of hydrogen-bond donors (Lipinski definition) is 9. The van der Waals surface area contributed by atoms with Crippen molar-refractivity contribution in [3.05, 3.63) is 208 Å². The van der Waals surface area contributed by atoms with E-state index in [-0.39, 0.29) is 102 Å². The van der Waals surface area contributed by atoms with E-state index in [2.05, 4.69) is 89.6 Å². The van der Waals surface area contributed by atoms with E-state index in [4.69, 9.17) is 9.84 Å². The van der Waals surface area contributed by atoms with Crippen LogP contribution in [0.2, 0.25) is 0 Å². The highest BCUT2D eigenvalue weighted by atomic mass is 32.2. The molecular formula is C87H106N5O21S2+. The number of para-hydroxylation sites is 2. The summed E-state index contributed by atoms with van der Waals surface area (Å²) in [6.07, 6.45) is 8.91. The Balaban J connectivity index is 0.973. The molecule has 5 atom stereocenters. The Morgan fingerprint density at radius 2 is 1.10 bits per heavy atom. The number of ketones is 4. The van der Waals surface area contributed by atoms with Crippen molar-refractivity contribution in [3.8, 4) is 5.75 Å². The standard InChI is InChI=1S/C87H105N5O21S2/c1-86(2)69-30-12-14-32-73(69)91(47-17-19-49-114(107,108)109)77(86)44-38-61-27-21-28-62(39-45-78-87(3,4)70-31-13-15-33-74(70)92(78)48-18-20-50-115(110,111)112)81(61)113-68-41-36-60(37-42-68)52-64(82(100)101)57-75(95)63(51-58-23-7-5-8-24-58)56-76(96)72(53-59-25-9-6-10-26-59)89-79(97)34-16-11-29-66(93)54-65(83(102)103)55-67(94)40-43-71(84(104)105)90-85(106)88-46-22-35-80(98)99/h5-10,12-15,23-26,30-33,36-39,41-42,44-45,63-65,71-72H,11,16-22,27-29,34-35,40,43,46-57H2,1-4H3,(H8-,88,89,90,97,98,99,100,101,102,103,104,105,106,107,108,109,110,111,112)/p+1/t63-,64-,65-,71+,72+/m1/s1. The fraction of sp³-hybridized carbons (Fsp3) is 0.437. The summed E-state index contributed by atoms with van der Waals surface area (Å²) in [5.41, 5.74) is 8.88. The van der Waals surface area contributed by atoms with E-state index in [9.17, 15) is 89.2 Å². The second-order valence-electron chi connectivity index (χ2n) is 30.8. The predicted molar refractivity (Wildman–Crippen MR) is 433 cm³/mol. The molecule has 0 saturated heterocycles. The quantitative estimate of drug-likeness (QED) is 0.00992. The van der Waals surface area contributed by atoms with Crippen LogP contribution in [0.5, 0.6) is 5.75 Å². The number of rotatable bonds is 48. The summed E-state index contributed by atoms with van der Waals surface area (Å²) in [6.45, 7) is 9.46. The summed E-state index contributed by atoms with van der Waals surface area (Å²) >= 11 is 0. The Labute approximate surface area is 671 Å². The van der Waals surface area contributed by atoms with Crippen LogP contribution in [0.4, 0.5) is 16.2 Å². The molecule has 2 aliphatic heterocycles. The Morgan fingerprint density at radius 3 is 1.74 bits per heavy atom. The summed E-state index contributed by atoms with van der Waals surface area (Å²) in [5, 5.41) is 46.5. The SMILES string of the molecule is CC1(C)C(=CC=C2CCCC(C=CC3=[N+](CCCCS(=O)(=O)O)c4ccccc4C3(C)C)=C2Oc2ccc(C[C@H](CC(=O)[C@@H](CC(=O)[C@H](Cc3ccccc3)NC(=O)CCCCC(=O)C[C@H](CC(=O)CC[C@H](NC(=O)NCCCC(=O)O)C(=O)O)C(=O)O)Cc3ccccc3)C(=O)O)cc2)N(CCCCS(=O)(=O)O)c2ccccc21. The molecule has 115 heavy (non-hydrogen) atoms. The number of carboxylic acid groups (broad SMARTS) is 4. The summed E-state index contributed by atoms with van der Waals surface area (Å²) in [5.74, 6) is -11.3. The maximum Gasteiger partial charge on any atom is 0.326 e. The first-order valence-electron chi connectivity index (χ1n) is 39.1. The van der Waals surface area contributed by atoms with Crippen LogP contribution in [0.25, 0.3) is 0 Å². The molecular weight excluding hydrogens is 1520 g/mol. The number of aliphatic carboxylic acids is 4. The largest absolute Gasteiger partial charge is 0.481 e. The number of fused-ring (bicyclic) bond motifs is 2. The van der Waals surface area contributed by atoms with E-state index >= 15 is 0 Å². The molecule has 0 saturated carbocycles. The van der Waals surface area contributed by atoms with E-state index in [1.54, 1.807) is 84.9 Å². The minimum atomic E-state index is -4.17. The third-order valence-corrected chi connectivity index (χ3v) is 22.9. The molecule has 3 aliphatic rings. The number of benzene rings is 5. The van der Waals surface area contributed by atoms with E-state index < -0.39 is 146 Å². The zero-order valence-corrected chi connectivity index (χ0v) is 67.1. The van der Waals surface area contributed by atoms with Crippen molar-refractivity contribution in [1.29, 1.82) is 0 Å². The molecule has 8 rings (SSSR count). The van der Waals surface area contributed by atoms with Crippen molar-refractivity contribution in [2.45, 2.75) is 192 Å². The molecule has 3 amide bonds. The molecule has 1 aliphatic carbocycles. The Kier molecular flexibility index (Phi) is 33.0. The molecule has 0 spiro atoms. The van der Waals surface area contributed by atoms with Gasteiger partial charge in [0.15, 0.2) is 11.5 Å². The van der Waals surface area contributed by atoms with Gasteiger partial charge >= 0.3 is 29.9 Å². The van der Waals surface area contributed by atoms with Gasteiger partial charge in [-0.15, -0.1) is 0 Å². The van der Waals surface area contributed by atoms with Crippen molar-refractivity contribution in [2.75, 3.05) is 36.0 Å². The van der Waals surface area contributed by atoms with Gasteiger partial charge in [-0.25, -0.2) is 9.59 Å². The van der Waals surface area contributed by atoms with Gasteiger partial charge < -0.3 is 46.0 Å². The first-order valence-corrected chi connectivity index (χ1v) is 42.3. The summed E-state index contributed by atoms with van der Waals surface area (Å²) in [4.78, 5) is 132. The van der Waals surface area contributed by atoms with Gasteiger partial charge in [0.05, 0.1) is 34.8 Å². The zero-order valence-electron chi connectivity index (χ0n) is 65.5. The van der Waals surface area contributed by atoms with Crippen LogP contribution in [-0.2, 0) is 93.5 Å². The molecule has 0 bridgehead atoms. The second-order valence-corrected chi connectivity index (χ2v) is 34.0. The van der Waals surface area contributed by atoms with Gasteiger partial charge in [0.1, 0.15) is 41.4 Å². The lowest BCUT2D eigenvalue weighted by Crippen LogP contribution is -2.46.